The molecule has 0 unspecified atom stereocenters. The molecule has 2 aromatic carbocycles. The number of hydrogen-bond acceptors (Lipinski definition) is 7. The number of nitrogens with zero attached hydrogens (tertiary/aromatic N) is 2. The highest BCUT2D eigenvalue weighted by atomic mass is 79.9. The Bertz CT molecular complexity index is 1530. The molecule has 0 bridgehead atoms. The van der Waals surface area contributed by atoms with E-state index in [0.29, 0.717) is 38.0 Å². The number of thiazole rings is 1. The second-order valence-corrected chi connectivity index (χ2v) is 9.88. The van der Waals surface area contributed by atoms with Gasteiger partial charge in [0.05, 0.1) is 41.1 Å². The Balaban J connectivity index is 1.96. The van der Waals surface area contributed by atoms with E-state index in [1.807, 2.05) is 25.1 Å². The minimum atomic E-state index is -0.818. The average molecular weight is 578 g/mol. The number of hydrogen-bond donors (Lipinski definition) is 0. The van der Waals surface area contributed by atoms with Crippen molar-refractivity contribution in [2.75, 3.05) is 20.8 Å². The van der Waals surface area contributed by atoms with Crippen LogP contribution in [0.2, 0.25) is 5.02 Å². The van der Waals surface area contributed by atoms with Gasteiger partial charge in [0.2, 0.25) is 0 Å². The average Bonchev–Trinajstić information content (AvgIpc) is 3.13. The van der Waals surface area contributed by atoms with E-state index in [9.17, 15) is 9.59 Å². The predicted octanol–water partition coefficient (Wildman–Crippen LogP) is 4.23. The van der Waals surface area contributed by atoms with E-state index >= 15 is 0 Å². The SMILES string of the molecule is CCOc1ccc(/C=c2\sc3n(c2=O)[C@H](c2cc(Cl)ccc2OC)C(C(=O)OC)=C(C)N=3)cc1Br. The van der Waals surface area contributed by atoms with Crippen LogP contribution in [0.4, 0.5) is 0 Å². The molecule has 0 saturated carbocycles. The minimum absolute atomic E-state index is 0.246. The maximum atomic E-state index is 13.7. The first-order valence-corrected chi connectivity index (χ1v) is 12.6. The van der Waals surface area contributed by atoms with Crippen LogP contribution in [0, 0.1) is 0 Å². The van der Waals surface area contributed by atoms with E-state index in [1.54, 1.807) is 31.2 Å². The highest BCUT2D eigenvalue weighted by Gasteiger charge is 2.35. The summed E-state index contributed by atoms with van der Waals surface area (Å²) in [5.74, 6) is 0.626. The number of allylic oxidation sites excluding steroid dienone is 1. The van der Waals surface area contributed by atoms with Crippen molar-refractivity contribution in [1.82, 2.24) is 4.57 Å². The van der Waals surface area contributed by atoms with Gasteiger partial charge >= 0.3 is 5.97 Å². The predicted molar refractivity (Wildman–Crippen MR) is 139 cm³/mol. The second kappa shape index (κ2) is 10.4. The van der Waals surface area contributed by atoms with Gasteiger partial charge in [-0.1, -0.05) is 29.0 Å². The molecule has 182 valence electrons. The van der Waals surface area contributed by atoms with Gasteiger partial charge in [-0.3, -0.25) is 9.36 Å². The Morgan fingerprint density at radius 2 is 1.97 bits per heavy atom. The Kier molecular flexibility index (Phi) is 7.49. The first kappa shape index (κ1) is 25.2. The highest BCUT2D eigenvalue weighted by molar-refractivity contribution is 9.10. The lowest BCUT2D eigenvalue weighted by Gasteiger charge is -2.25. The molecule has 1 aliphatic heterocycles. The van der Waals surface area contributed by atoms with E-state index in [-0.39, 0.29) is 11.1 Å². The van der Waals surface area contributed by atoms with E-state index in [4.69, 9.17) is 25.8 Å². The maximum Gasteiger partial charge on any atom is 0.338 e. The summed E-state index contributed by atoms with van der Waals surface area (Å²) in [6, 6.07) is 9.86. The van der Waals surface area contributed by atoms with Crippen LogP contribution in [0.25, 0.3) is 6.08 Å². The summed E-state index contributed by atoms with van der Waals surface area (Å²) in [5, 5.41) is 0.445. The van der Waals surface area contributed by atoms with Crippen LogP contribution in [-0.2, 0) is 9.53 Å². The van der Waals surface area contributed by atoms with Gasteiger partial charge in [0.25, 0.3) is 5.56 Å². The Hall–Kier alpha value is -2.88. The van der Waals surface area contributed by atoms with Gasteiger partial charge in [0.15, 0.2) is 4.80 Å². The van der Waals surface area contributed by atoms with E-state index in [2.05, 4.69) is 20.9 Å². The van der Waals surface area contributed by atoms with Crippen molar-refractivity contribution in [1.29, 1.82) is 0 Å². The molecular weight excluding hydrogens is 556 g/mol. The molecule has 0 N–H and O–H groups in total. The molecule has 7 nitrogen and oxygen atoms in total. The molecule has 2 heterocycles. The van der Waals surface area contributed by atoms with E-state index in [0.717, 1.165) is 15.8 Å². The summed E-state index contributed by atoms with van der Waals surface area (Å²) in [6.07, 6.45) is 1.79. The lowest BCUT2D eigenvalue weighted by atomic mass is 9.95. The van der Waals surface area contributed by atoms with Crippen molar-refractivity contribution in [2.45, 2.75) is 19.9 Å². The van der Waals surface area contributed by atoms with Gasteiger partial charge in [0.1, 0.15) is 17.5 Å². The molecule has 1 aliphatic rings. The highest BCUT2D eigenvalue weighted by Crippen LogP contribution is 2.37. The van der Waals surface area contributed by atoms with Crippen LogP contribution in [0.3, 0.4) is 0 Å². The minimum Gasteiger partial charge on any atom is -0.496 e. The third-order valence-electron chi connectivity index (χ3n) is 5.47. The number of methoxy groups -OCH3 is 2. The monoisotopic (exact) mass is 576 g/mol. The lowest BCUT2D eigenvalue weighted by Crippen LogP contribution is -2.40. The first-order chi connectivity index (χ1) is 16.8. The van der Waals surface area contributed by atoms with Crippen molar-refractivity contribution >= 4 is 50.9 Å². The molecule has 0 saturated heterocycles. The number of ether oxygens (including phenoxy) is 3. The normalized spacial score (nSPS) is 15.5. The summed E-state index contributed by atoms with van der Waals surface area (Å²) in [5.41, 5.74) is 1.79. The molecule has 10 heteroatoms. The molecule has 0 aliphatic carbocycles. The molecular formula is C25H22BrClN2O5S. The topological polar surface area (TPSA) is 79.1 Å². The van der Waals surface area contributed by atoms with Gasteiger partial charge in [-0.2, -0.15) is 0 Å². The van der Waals surface area contributed by atoms with Crippen LogP contribution in [-0.4, -0.2) is 31.4 Å². The third kappa shape index (κ3) is 4.80. The fraction of sp³-hybridized carbons (Fsp3) is 0.240. The molecule has 1 atom stereocenters. The Labute approximate surface area is 219 Å². The van der Waals surface area contributed by atoms with Crippen molar-refractivity contribution in [2.24, 2.45) is 4.99 Å². The zero-order valence-corrected chi connectivity index (χ0v) is 22.6. The fourth-order valence-electron chi connectivity index (χ4n) is 3.94. The summed E-state index contributed by atoms with van der Waals surface area (Å²) in [6.45, 7) is 4.18. The summed E-state index contributed by atoms with van der Waals surface area (Å²) in [7, 11) is 2.82. The smallest absolute Gasteiger partial charge is 0.338 e. The van der Waals surface area contributed by atoms with Crippen LogP contribution < -0.4 is 24.4 Å². The largest absolute Gasteiger partial charge is 0.496 e. The van der Waals surface area contributed by atoms with Gasteiger partial charge in [-0.15, -0.1) is 0 Å². The number of benzene rings is 2. The number of carbonyl (C=O) groups excluding carboxylic acids is 1. The van der Waals surface area contributed by atoms with Crippen molar-refractivity contribution in [3.63, 3.8) is 0 Å². The number of rotatable bonds is 6. The summed E-state index contributed by atoms with van der Waals surface area (Å²) >= 11 is 11.1. The molecule has 35 heavy (non-hydrogen) atoms. The van der Waals surface area contributed by atoms with Crippen molar-refractivity contribution in [3.8, 4) is 11.5 Å². The number of carbonyl (C=O) groups is 1. The summed E-state index contributed by atoms with van der Waals surface area (Å²) in [4.78, 5) is 31.6. The standard InChI is InChI=1S/C25H22BrClN2O5S/c1-5-34-19-8-6-14(10-17(19)26)11-20-23(30)29-22(16-12-15(27)7-9-18(16)32-3)21(24(31)33-4)13(2)28-25(29)35-20/h6-12,22H,5H2,1-4H3/b20-11-/t22-/m1/s1. The van der Waals surface area contributed by atoms with Crippen LogP contribution in [0.15, 0.2) is 61.9 Å². The van der Waals surface area contributed by atoms with Gasteiger partial charge in [0, 0.05) is 10.6 Å². The molecule has 0 spiro atoms. The molecule has 0 fully saturated rings. The second-order valence-electron chi connectivity index (χ2n) is 7.58. The zero-order valence-electron chi connectivity index (χ0n) is 19.4. The van der Waals surface area contributed by atoms with E-state index in [1.165, 1.54) is 30.1 Å². The van der Waals surface area contributed by atoms with Gasteiger partial charge in [-0.05, 0) is 71.7 Å². The number of esters is 1. The maximum absolute atomic E-state index is 13.7. The lowest BCUT2D eigenvalue weighted by molar-refractivity contribution is -0.136. The molecule has 0 radical (unpaired) electrons. The third-order valence-corrected chi connectivity index (χ3v) is 7.30. The van der Waals surface area contributed by atoms with Crippen molar-refractivity contribution in [3.05, 3.63) is 88.0 Å². The fourth-order valence-corrected chi connectivity index (χ4v) is 5.67. The Morgan fingerprint density at radius 1 is 1.23 bits per heavy atom. The number of halogens is 2. The quantitative estimate of drug-likeness (QED) is 0.410. The molecule has 3 aromatic rings. The van der Waals surface area contributed by atoms with E-state index < -0.39 is 12.0 Å². The van der Waals surface area contributed by atoms with Gasteiger partial charge < -0.3 is 14.2 Å². The van der Waals surface area contributed by atoms with Crippen LogP contribution in [0.5, 0.6) is 11.5 Å². The number of fused-ring (bicyclic) bond motifs is 1. The zero-order chi connectivity index (χ0) is 25.3. The Morgan fingerprint density at radius 3 is 2.63 bits per heavy atom. The molecule has 0 amide bonds. The van der Waals surface area contributed by atoms with Crippen molar-refractivity contribution < 1.29 is 19.0 Å². The summed E-state index contributed by atoms with van der Waals surface area (Å²) < 4.78 is 18.9. The van der Waals surface area contributed by atoms with Crippen LogP contribution >= 0.6 is 38.9 Å². The van der Waals surface area contributed by atoms with Crippen LogP contribution in [0.1, 0.15) is 31.0 Å². The van der Waals surface area contributed by atoms with Gasteiger partial charge in [-0.25, -0.2) is 9.79 Å². The first-order valence-electron chi connectivity index (χ1n) is 10.7. The molecule has 1 aromatic heterocycles. The molecule has 4 rings (SSSR count). The number of aromatic nitrogens is 1.